The summed E-state index contributed by atoms with van der Waals surface area (Å²) >= 11 is 0. The minimum atomic E-state index is -1.45. The number of hydrogen-bond acceptors (Lipinski definition) is 9. The predicted octanol–water partition coefficient (Wildman–Crippen LogP) is 1.10. The van der Waals surface area contributed by atoms with Crippen LogP contribution in [0.4, 0.5) is 0 Å². The fourth-order valence-corrected chi connectivity index (χ4v) is 4.72. The van der Waals surface area contributed by atoms with Crippen molar-refractivity contribution in [3.8, 4) is 17.1 Å². The Labute approximate surface area is 204 Å². The van der Waals surface area contributed by atoms with Crippen molar-refractivity contribution in [2.75, 3.05) is 20.3 Å². The lowest BCUT2D eigenvalue weighted by Crippen LogP contribution is -2.37. The number of aryl methyl sites for hydroxylation is 1. The second-order valence-electron chi connectivity index (χ2n) is 8.51. The van der Waals surface area contributed by atoms with Crippen molar-refractivity contribution in [3.63, 3.8) is 0 Å². The summed E-state index contributed by atoms with van der Waals surface area (Å²) < 4.78 is 16.7. The van der Waals surface area contributed by atoms with Crippen molar-refractivity contribution in [2.24, 2.45) is 0 Å². The number of pyridine rings is 2. The molecule has 0 saturated carbocycles. The highest BCUT2D eigenvalue weighted by atomic mass is 16.6. The molecule has 1 amide bonds. The van der Waals surface area contributed by atoms with E-state index in [1.54, 1.807) is 28.8 Å². The number of methoxy groups -OCH3 is 1. The number of phenols is 1. The summed E-state index contributed by atoms with van der Waals surface area (Å²) in [6.45, 7) is 1.32. The van der Waals surface area contributed by atoms with E-state index in [2.05, 4.69) is 10.1 Å². The van der Waals surface area contributed by atoms with Gasteiger partial charge in [0.25, 0.3) is 5.56 Å². The zero-order valence-corrected chi connectivity index (χ0v) is 19.6. The molecule has 1 aromatic carbocycles. The normalized spacial score (nSPS) is 15.6. The van der Waals surface area contributed by atoms with E-state index in [1.165, 1.54) is 7.11 Å². The van der Waals surface area contributed by atoms with Crippen LogP contribution in [0.1, 0.15) is 35.3 Å². The van der Waals surface area contributed by atoms with Crippen LogP contribution in [0.3, 0.4) is 0 Å². The minimum Gasteiger partial charge on any atom is -0.508 e. The number of aromatic nitrogens is 2. The number of fused-ring (bicyclic) bond motifs is 5. The molecular weight excluding hydrogens is 470 g/mol. The second kappa shape index (κ2) is 9.08. The monoisotopic (exact) mass is 493 g/mol. The third kappa shape index (κ3) is 3.87. The average molecular weight is 493 g/mol. The minimum absolute atomic E-state index is 0.126. The molecule has 1 atom stereocenters. The zero-order valence-electron chi connectivity index (χ0n) is 19.6. The number of carbonyl (C=O) groups is 3. The first-order valence-corrected chi connectivity index (χ1v) is 11.4. The first-order chi connectivity index (χ1) is 17.3. The van der Waals surface area contributed by atoms with Gasteiger partial charge in [0.05, 0.1) is 29.0 Å². The number of ether oxygens (including phenoxy) is 3. The predicted molar refractivity (Wildman–Crippen MR) is 125 cm³/mol. The van der Waals surface area contributed by atoms with Crippen LogP contribution in [-0.2, 0) is 48.2 Å². The van der Waals surface area contributed by atoms with Crippen molar-refractivity contribution >= 4 is 28.7 Å². The molecule has 4 heterocycles. The molecule has 186 valence electrons. The molecule has 36 heavy (non-hydrogen) atoms. The van der Waals surface area contributed by atoms with Crippen LogP contribution in [0.15, 0.2) is 29.1 Å². The van der Waals surface area contributed by atoms with Crippen molar-refractivity contribution in [2.45, 2.75) is 32.6 Å². The van der Waals surface area contributed by atoms with Crippen LogP contribution in [-0.4, -0.2) is 52.8 Å². The van der Waals surface area contributed by atoms with E-state index >= 15 is 0 Å². The SMILES string of the molecule is CCc1c2c(nc3ccc(O)cc13)-c1cc3c(c(=O)n1C2)COC(=O)C3OC(=O)CNC(=O)COC. The smallest absolute Gasteiger partial charge is 0.352 e. The van der Waals surface area contributed by atoms with Gasteiger partial charge in [-0.15, -0.1) is 0 Å². The van der Waals surface area contributed by atoms with Crippen LogP contribution in [0.2, 0.25) is 0 Å². The van der Waals surface area contributed by atoms with E-state index in [1.807, 2.05) is 6.92 Å². The Bertz CT molecular complexity index is 1490. The number of aromatic hydroxyl groups is 1. The van der Waals surface area contributed by atoms with E-state index in [9.17, 15) is 24.3 Å². The molecule has 2 N–H and O–H groups in total. The molecule has 3 aromatic rings. The van der Waals surface area contributed by atoms with Crippen LogP contribution in [0, 0.1) is 0 Å². The van der Waals surface area contributed by atoms with Crippen LogP contribution >= 0.6 is 0 Å². The summed E-state index contributed by atoms with van der Waals surface area (Å²) in [6.07, 6.45) is -0.796. The number of benzene rings is 1. The number of nitrogens with zero attached hydrogens (tertiary/aromatic N) is 2. The average Bonchev–Trinajstić information content (AvgIpc) is 3.22. The number of carbonyl (C=O) groups excluding carboxylic acids is 3. The maximum Gasteiger partial charge on any atom is 0.352 e. The number of phenolic OH excluding ortho intramolecular Hbond substituents is 1. The Kier molecular flexibility index (Phi) is 5.92. The van der Waals surface area contributed by atoms with Gasteiger partial charge in [-0.2, -0.15) is 0 Å². The Balaban J connectivity index is 1.56. The van der Waals surface area contributed by atoms with Gasteiger partial charge in [0, 0.05) is 23.6 Å². The molecule has 0 aliphatic carbocycles. The van der Waals surface area contributed by atoms with Crippen LogP contribution in [0.5, 0.6) is 5.75 Å². The largest absolute Gasteiger partial charge is 0.508 e. The van der Waals surface area contributed by atoms with Gasteiger partial charge in [-0.25, -0.2) is 9.78 Å². The third-order valence-electron chi connectivity index (χ3n) is 6.34. The fraction of sp³-hybridized carbons (Fsp3) is 0.320. The van der Waals surface area contributed by atoms with E-state index in [4.69, 9.17) is 14.5 Å². The second-order valence-corrected chi connectivity index (χ2v) is 8.51. The van der Waals surface area contributed by atoms with Crippen LogP contribution < -0.4 is 10.9 Å². The molecule has 2 aliphatic heterocycles. The number of amides is 1. The van der Waals surface area contributed by atoms with Crippen LogP contribution in [0.25, 0.3) is 22.3 Å². The Hall–Kier alpha value is -4.25. The molecule has 5 rings (SSSR count). The summed E-state index contributed by atoms with van der Waals surface area (Å²) in [5, 5.41) is 13.1. The maximum atomic E-state index is 13.4. The summed E-state index contributed by atoms with van der Waals surface area (Å²) in [5.74, 6) is -2.07. The van der Waals surface area contributed by atoms with Crippen molar-refractivity contribution in [3.05, 3.63) is 56.9 Å². The zero-order chi connectivity index (χ0) is 25.6. The third-order valence-corrected chi connectivity index (χ3v) is 6.34. The van der Waals surface area contributed by atoms with Crippen molar-refractivity contribution in [1.82, 2.24) is 14.9 Å². The van der Waals surface area contributed by atoms with Gasteiger partial charge in [-0.05, 0) is 36.2 Å². The summed E-state index contributed by atoms with van der Waals surface area (Å²) in [6, 6.07) is 6.56. The molecule has 0 fully saturated rings. The number of cyclic esters (lactones) is 1. The molecule has 11 heteroatoms. The summed E-state index contributed by atoms with van der Waals surface area (Å²) in [7, 11) is 1.34. The molecule has 0 spiro atoms. The Morgan fingerprint density at radius 2 is 2.06 bits per heavy atom. The lowest BCUT2D eigenvalue weighted by atomic mass is 9.97. The van der Waals surface area contributed by atoms with Gasteiger partial charge in [0.15, 0.2) is 0 Å². The van der Waals surface area contributed by atoms with E-state index in [-0.39, 0.29) is 42.2 Å². The van der Waals surface area contributed by atoms with Gasteiger partial charge >= 0.3 is 11.9 Å². The lowest BCUT2D eigenvalue weighted by molar-refractivity contribution is -0.171. The van der Waals surface area contributed by atoms with Gasteiger partial charge in [0.2, 0.25) is 12.0 Å². The quantitative estimate of drug-likeness (QED) is 0.377. The molecular formula is C25H23N3O8. The molecule has 0 saturated heterocycles. The topological polar surface area (TPSA) is 146 Å². The molecule has 11 nitrogen and oxygen atoms in total. The highest BCUT2D eigenvalue weighted by Crippen LogP contribution is 2.39. The molecule has 2 aromatic heterocycles. The molecule has 0 bridgehead atoms. The summed E-state index contributed by atoms with van der Waals surface area (Å²) in [4.78, 5) is 54.6. The Morgan fingerprint density at radius 1 is 1.25 bits per heavy atom. The summed E-state index contributed by atoms with van der Waals surface area (Å²) in [5.41, 5.74) is 3.67. The van der Waals surface area contributed by atoms with Gasteiger partial charge in [-0.3, -0.25) is 14.4 Å². The fourth-order valence-electron chi connectivity index (χ4n) is 4.72. The van der Waals surface area contributed by atoms with E-state index < -0.39 is 30.5 Å². The highest BCUT2D eigenvalue weighted by Gasteiger charge is 2.38. The van der Waals surface area contributed by atoms with Gasteiger partial charge < -0.3 is 29.2 Å². The van der Waals surface area contributed by atoms with Gasteiger partial charge in [0.1, 0.15) is 25.5 Å². The first-order valence-electron chi connectivity index (χ1n) is 11.4. The first kappa shape index (κ1) is 23.5. The number of nitrogens with one attached hydrogen (secondary N) is 1. The highest BCUT2D eigenvalue weighted by molar-refractivity contribution is 5.90. The molecule has 2 aliphatic rings. The maximum absolute atomic E-state index is 13.4. The van der Waals surface area contributed by atoms with Crippen molar-refractivity contribution < 1.29 is 33.7 Å². The van der Waals surface area contributed by atoms with Crippen molar-refractivity contribution in [1.29, 1.82) is 0 Å². The van der Waals surface area contributed by atoms with E-state index in [0.29, 0.717) is 23.3 Å². The Morgan fingerprint density at radius 3 is 2.81 bits per heavy atom. The number of rotatable bonds is 6. The molecule has 1 unspecified atom stereocenters. The number of hydrogen-bond donors (Lipinski definition) is 2. The number of esters is 2. The standard InChI is InChI=1S/C25H23N3O8/c1-3-13-14-6-12(29)4-5-18(14)27-22-16(13)9-28-19(22)7-15-17(24(28)32)10-35-25(33)23(15)36-21(31)8-26-20(30)11-34-2/h4-7,23,29H,3,8-11H2,1-2H3,(H,26,30). The van der Waals surface area contributed by atoms with Gasteiger partial charge in [-0.1, -0.05) is 6.92 Å². The molecule has 0 radical (unpaired) electrons. The lowest BCUT2D eigenvalue weighted by Gasteiger charge is -2.25. The van der Waals surface area contributed by atoms with E-state index in [0.717, 1.165) is 16.5 Å².